The molecule has 7 heteroatoms. The summed E-state index contributed by atoms with van der Waals surface area (Å²) in [6.45, 7) is 1.50. The minimum atomic E-state index is -0.107. The van der Waals surface area contributed by atoms with Crippen LogP contribution in [0.4, 0.5) is 10.5 Å². The minimum Gasteiger partial charge on any atom is -0.493 e. The van der Waals surface area contributed by atoms with Crippen LogP contribution in [0, 0.1) is 0 Å². The van der Waals surface area contributed by atoms with Gasteiger partial charge in [0.1, 0.15) is 0 Å². The summed E-state index contributed by atoms with van der Waals surface area (Å²) in [7, 11) is 4.66. The van der Waals surface area contributed by atoms with Gasteiger partial charge in [0, 0.05) is 30.1 Å². The number of rotatable bonds is 5. The lowest BCUT2D eigenvalue weighted by Crippen LogP contribution is -2.40. The van der Waals surface area contributed by atoms with Crippen molar-refractivity contribution in [3.8, 4) is 17.2 Å². The van der Waals surface area contributed by atoms with Crippen molar-refractivity contribution in [1.82, 2.24) is 4.90 Å². The summed E-state index contributed by atoms with van der Waals surface area (Å²) in [6.07, 6.45) is 1.98. The molecular formula is C19H24N2O4S. The van der Waals surface area contributed by atoms with Gasteiger partial charge in [-0.15, -0.1) is 11.3 Å². The highest BCUT2D eigenvalue weighted by Gasteiger charge is 2.25. The number of anilines is 1. The third kappa shape index (κ3) is 3.88. The molecule has 0 saturated carbocycles. The number of benzene rings is 1. The first-order chi connectivity index (χ1) is 12.7. The lowest BCUT2D eigenvalue weighted by molar-refractivity contribution is 0.195. The van der Waals surface area contributed by atoms with Crippen LogP contribution in [0.3, 0.4) is 0 Å². The Balaban J connectivity index is 1.65. The van der Waals surface area contributed by atoms with Crippen molar-refractivity contribution >= 4 is 23.1 Å². The van der Waals surface area contributed by atoms with E-state index in [4.69, 9.17) is 14.2 Å². The van der Waals surface area contributed by atoms with E-state index in [1.807, 2.05) is 4.90 Å². The van der Waals surface area contributed by atoms with E-state index in [2.05, 4.69) is 22.8 Å². The number of urea groups is 1. The number of nitrogens with one attached hydrogen (secondary N) is 1. The molecule has 1 aromatic heterocycles. The Morgan fingerprint density at radius 2 is 1.77 bits per heavy atom. The first kappa shape index (κ1) is 18.4. The highest BCUT2D eigenvalue weighted by molar-refractivity contribution is 7.10. The SMILES string of the molecule is COc1cc(NC(=O)N2CCC(c3cccs3)CC2)cc(OC)c1OC. The van der Waals surface area contributed by atoms with Crippen molar-refractivity contribution in [2.24, 2.45) is 0 Å². The number of thiophene rings is 1. The predicted octanol–water partition coefficient (Wildman–Crippen LogP) is 4.19. The fourth-order valence-corrected chi connectivity index (χ4v) is 4.15. The third-order valence-corrected chi connectivity index (χ3v) is 5.68. The van der Waals surface area contributed by atoms with E-state index in [0.29, 0.717) is 28.9 Å². The monoisotopic (exact) mass is 376 g/mol. The summed E-state index contributed by atoms with van der Waals surface area (Å²) in [5.41, 5.74) is 0.616. The summed E-state index contributed by atoms with van der Waals surface area (Å²) >= 11 is 1.79. The lowest BCUT2D eigenvalue weighted by atomic mass is 9.95. The molecule has 1 N–H and O–H groups in total. The Labute approximate surface area is 157 Å². The third-order valence-electron chi connectivity index (χ3n) is 4.64. The number of ether oxygens (including phenoxy) is 3. The standard InChI is InChI=1S/C19H24N2O4S/c1-23-15-11-14(12-16(24-2)18(15)25-3)20-19(22)21-8-6-13(7-9-21)17-5-4-10-26-17/h4-5,10-13H,6-9H2,1-3H3,(H,20,22). The van der Waals surface area contributed by atoms with Crippen LogP contribution in [0.5, 0.6) is 17.2 Å². The number of likely N-dealkylation sites (tertiary alicyclic amines) is 1. The van der Waals surface area contributed by atoms with Gasteiger partial charge >= 0.3 is 6.03 Å². The number of carbonyl (C=O) groups excluding carboxylic acids is 1. The molecule has 2 aromatic rings. The molecule has 1 aliphatic heterocycles. The van der Waals surface area contributed by atoms with Gasteiger partial charge in [-0.1, -0.05) is 6.07 Å². The highest BCUT2D eigenvalue weighted by atomic mass is 32.1. The molecule has 0 bridgehead atoms. The first-order valence-electron chi connectivity index (χ1n) is 8.55. The molecule has 1 fully saturated rings. The number of carbonyl (C=O) groups is 1. The van der Waals surface area contributed by atoms with Gasteiger partial charge in [0.2, 0.25) is 5.75 Å². The number of hydrogen-bond acceptors (Lipinski definition) is 5. The topological polar surface area (TPSA) is 60.0 Å². The second kappa shape index (κ2) is 8.31. The molecule has 0 unspecified atom stereocenters. The quantitative estimate of drug-likeness (QED) is 0.850. The number of amides is 2. The summed E-state index contributed by atoms with van der Waals surface area (Å²) < 4.78 is 16.0. The van der Waals surface area contributed by atoms with Gasteiger partial charge in [0.05, 0.1) is 27.0 Å². The Morgan fingerprint density at radius 1 is 1.12 bits per heavy atom. The second-order valence-corrected chi connectivity index (χ2v) is 7.10. The zero-order valence-corrected chi connectivity index (χ0v) is 16.1. The maximum atomic E-state index is 12.6. The molecule has 0 atom stereocenters. The Morgan fingerprint density at radius 3 is 2.27 bits per heavy atom. The maximum absolute atomic E-state index is 12.6. The van der Waals surface area contributed by atoms with Crippen LogP contribution in [0.1, 0.15) is 23.6 Å². The molecule has 0 aliphatic carbocycles. The molecule has 6 nitrogen and oxygen atoms in total. The molecule has 140 valence electrons. The number of methoxy groups -OCH3 is 3. The molecule has 2 heterocycles. The lowest BCUT2D eigenvalue weighted by Gasteiger charge is -2.31. The number of nitrogens with zero attached hydrogens (tertiary/aromatic N) is 1. The fraction of sp³-hybridized carbons (Fsp3) is 0.421. The minimum absolute atomic E-state index is 0.107. The smallest absolute Gasteiger partial charge is 0.321 e. The van der Waals surface area contributed by atoms with Crippen LogP contribution in [0.15, 0.2) is 29.6 Å². The molecule has 0 spiro atoms. The van der Waals surface area contributed by atoms with E-state index in [1.165, 1.54) is 4.88 Å². The van der Waals surface area contributed by atoms with Crippen LogP contribution < -0.4 is 19.5 Å². The van der Waals surface area contributed by atoms with Crippen LogP contribution >= 0.6 is 11.3 Å². The zero-order valence-electron chi connectivity index (χ0n) is 15.3. The van der Waals surface area contributed by atoms with Gasteiger partial charge in [-0.2, -0.15) is 0 Å². The molecule has 1 saturated heterocycles. The van der Waals surface area contributed by atoms with Crippen molar-refractivity contribution in [1.29, 1.82) is 0 Å². The zero-order chi connectivity index (χ0) is 18.5. The number of hydrogen-bond donors (Lipinski definition) is 1. The van der Waals surface area contributed by atoms with Gasteiger partial charge in [-0.25, -0.2) is 4.79 Å². The van der Waals surface area contributed by atoms with Crippen LogP contribution in [-0.4, -0.2) is 45.3 Å². The van der Waals surface area contributed by atoms with E-state index >= 15 is 0 Å². The molecular weight excluding hydrogens is 352 g/mol. The van der Waals surface area contributed by atoms with Crippen molar-refractivity contribution in [3.05, 3.63) is 34.5 Å². The molecule has 26 heavy (non-hydrogen) atoms. The second-order valence-electron chi connectivity index (χ2n) is 6.12. The summed E-state index contributed by atoms with van der Waals surface area (Å²) in [5, 5.41) is 5.05. The summed E-state index contributed by atoms with van der Waals surface area (Å²) in [6, 6.07) is 7.63. The van der Waals surface area contributed by atoms with Crippen molar-refractivity contribution in [3.63, 3.8) is 0 Å². The molecule has 3 rings (SSSR count). The molecule has 2 amide bonds. The molecule has 0 radical (unpaired) electrons. The average Bonchev–Trinajstić information content (AvgIpc) is 3.22. The fourth-order valence-electron chi connectivity index (χ4n) is 3.25. The first-order valence-corrected chi connectivity index (χ1v) is 9.43. The summed E-state index contributed by atoms with van der Waals surface area (Å²) in [5.74, 6) is 2.09. The van der Waals surface area contributed by atoms with Crippen molar-refractivity contribution in [2.75, 3.05) is 39.7 Å². The van der Waals surface area contributed by atoms with Crippen LogP contribution in [0.25, 0.3) is 0 Å². The van der Waals surface area contributed by atoms with E-state index < -0.39 is 0 Å². The van der Waals surface area contributed by atoms with Crippen LogP contribution in [0.2, 0.25) is 0 Å². The number of piperidine rings is 1. The van der Waals surface area contributed by atoms with Gasteiger partial charge in [0.15, 0.2) is 11.5 Å². The van der Waals surface area contributed by atoms with Crippen molar-refractivity contribution in [2.45, 2.75) is 18.8 Å². The van der Waals surface area contributed by atoms with Gasteiger partial charge in [0.25, 0.3) is 0 Å². The van der Waals surface area contributed by atoms with Gasteiger partial charge in [-0.3, -0.25) is 0 Å². The molecule has 1 aromatic carbocycles. The van der Waals surface area contributed by atoms with Gasteiger partial charge < -0.3 is 24.4 Å². The van der Waals surface area contributed by atoms with E-state index in [-0.39, 0.29) is 6.03 Å². The summed E-state index contributed by atoms with van der Waals surface area (Å²) in [4.78, 5) is 15.9. The Hall–Kier alpha value is -2.41. The van der Waals surface area contributed by atoms with Crippen LogP contribution in [-0.2, 0) is 0 Å². The van der Waals surface area contributed by atoms with E-state index in [1.54, 1.807) is 44.8 Å². The van der Waals surface area contributed by atoms with Gasteiger partial charge in [-0.05, 0) is 30.2 Å². The Kier molecular flexibility index (Phi) is 5.88. The van der Waals surface area contributed by atoms with Crippen molar-refractivity contribution < 1.29 is 19.0 Å². The maximum Gasteiger partial charge on any atom is 0.321 e. The Bertz CT molecular complexity index is 715. The predicted molar refractivity (Wildman–Crippen MR) is 103 cm³/mol. The average molecular weight is 376 g/mol. The van der Waals surface area contributed by atoms with E-state index in [9.17, 15) is 4.79 Å². The van der Waals surface area contributed by atoms with E-state index in [0.717, 1.165) is 25.9 Å². The normalized spacial score (nSPS) is 14.8. The highest BCUT2D eigenvalue weighted by Crippen LogP contribution is 2.40. The largest absolute Gasteiger partial charge is 0.493 e. The molecule has 1 aliphatic rings.